The number of carbonyl (C=O) groups is 6. The standard InChI is InChI=1S/6C8H18N4O/c6*1-9-10-8(13)7-12-5-3-11(2)4-6-12/h6*9H,3-7H2,1-2H3,(H,10,13). The number of likely N-dealkylation sites (N-methyl/N-ethyl adjacent to an activating group) is 6. The van der Waals surface area contributed by atoms with Crippen molar-refractivity contribution in [2.75, 3.05) is 281 Å². The van der Waals surface area contributed by atoms with Gasteiger partial charge in [-0.25, -0.2) is 32.6 Å². The highest BCUT2D eigenvalue weighted by molar-refractivity contribution is 5.79. The molecule has 0 aromatic carbocycles. The highest BCUT2D eigenvalue weighted by Gasteiger charge is 2.20. The number of nitrogens with one attached hydrogen (secondary N) is 12. The SMILES string of the molecule is CNNC(=O)CN1CCN(C)CC1.CNNC(=O)CN1CCN(C)CC1.CNNC(=O)CN1CCN(C)CC1.CNNC(=O)CN1CCN(C)CC1.CNNC(=O)CN1CCN(C)CC1.CNNC(=O)CN1CCN(C)CC1. The van der Waals surface area contributed by atoms with E-state index < -0.39 is 0 Å². The minimum absolute atomic E-state index is 0.0343. The van der Waals surface area contributed by atoms with E-state index in [1.54, 1.807) is 42.3 Å². The van der Waals surface area contributed by atoms with Crippen LogP contribution in [-0.2, 0) is 28.8 Å². The maximum Gasteiger partial charge on any atom is 0.248 e. The average Bonchev–Trinajstić information content (AvgIpc) is 3.40. The molecule has 6 heterocycles. The first-order chi connectivity index (χ1) is 37.3. The number of hydrogen-bond donors (Lipinski definition) is 12. The van der Waals surface area contributed by atoms with Crippen LogP contribution in [0.4, 0.5) is 0 Å². The molecule has 30 nitrogen and oxygen atoms in total. The molecule has 6 aliphatic heterocycles. The van der Waals surface area contributed by atoms with Crippen molar-refractivity contribution < 1.29 is 28.8 Å². The van der Waals surface area contributed by atoms with Gasteiger partial charge in [0.2, 0.25) is 35.4 Å². The minimum atomic E-state index is 0.0343. The lowest BCUT2D eigenvalue weighted by molar-refractivity contribution is -0.124. The van der Waals surface area contributed by atoms with Crippen LogP contribution < -0.4 is 65.1 Å². The van der Waals surface area contributed by atoms with Crippen LogP contribution in [0.3, 0.4) is 0 Å². The molecule has 0 aromatic rings. The molecule has 0 unspecified atom stereocenters. The van der Waals surface area contributed by atoms with Crippen molar-refractivity contribution in [2.24, 2.45) is 0 Å². The average molecular weight is 1120 g/mol. The number of hydrazine groups is 6. The number of nitrogens with zero attached hydrogens (tertiary/aromatic N) is 12. The van der Waals surface area contributed by atoms with Gasteiger partial charge in [-0.05, 0) is 42.3 Å². The third-order valence-electron chi connectivity index (χ3n) is 13.4. The van der Waals surface area contributed by atoms with Gasteiger partial charge in [-0.2, -0.15) is 0 Å². The second kappa shape index (κ2) is 44.8. The maximum atomic E-state index is 11.2. The van der Waals surface area contributed by atoms with Gasteiger partial charge in [0.15, 0.2) is 0 Å². The van der Waals surface area contributed by atoms with Crippen LogP contribution in [0, 0.1) is 0 Å². The van der Waals surface area contributed by atoms with Crippen molar-refractivity contribution >= 4 is 35.4 Å². The summed E-state index contributed by atoms with van der Waals surface area (Å²) in [7, 11) is 22.8. The largest absolute Gasteiger partial charge is 0.304 e. The van der Waals surface area contributed by atoms with E-state index >= 15 is 0 Å². The molecule has 12 N–H and O–H groups in total. The molecule has 456 valence electrons. The fraction of sp³-hybridized carbons (Fsp3) is 0.875. The zero-order chi connectivity index (χ0) is 58.1. The minimum Gasteiger partial charge on any atom is -0.304 e. The van der Waals surface area contributed by atoms with E-state index in [0.717, 1.165) is 157 Å². The molecular weight excluding hydrogens is 1010 g/mol. The Morgan fingerprint density at radius 3 is 0.410 bits per heavy atom. The van der Waals surface area contributed by atoms with Crippen LogP contribution in [0.15, 0.2) is 0 Å². The first kappa shape index (κ1) is 72.1. The van der Waals surface area contributed by atoms with Crippen LogP contribution in [0.25, 0.3) is 0 Å². The summed E-state index contributed by atoms with van der Waals surface area (Å²) in [6.07, 6.45) is 0. The Balaban J connectivity index is 0.000000468. The normalized spacial score (nSPS) is 20.2. The van der Waals surface area contributed by atoms with Gasteiger partial charge in [-0.1, -0.05) is 0 Å². The highest BCUT2D eigenvalue weighted by atomic mass is 16.2. The number of piperazine rings is 6. The molecule has 6 amide bonds. The van der Waals surface area contributed by atoms with Crippen molar-refractivity contribution in [3.63, 3.8) is 0 Å². The Labute approximate surface area is 467 Å². The quantitative estimate of drug-likeness (QED) is 0.0568. The van der Waals surface area contributed by atoms with E-state index in [1.165, 1.54) is 0 Å². The summed E-state index contributed by atoms with van der Waals surface area (Å²) in [5.41, 5.74) is 31.1. The summed E-state index contributed by atoms with van der Waals surface area (Å²) in [4.78, 5) is 93.6. The van der Waals surface area contributed by atoms with Crippen molar-refractivity contribution in [1.29, 1.82) is 0 Å². The van der Waals surface area contributed by atoms with E-state index in [0.29, 0.717) is 39.3 Å². The fourth-order valence-electron chi connectivity index (χ4n) is 8.33. The second-order valence-corrected chi connectivity index (χ2v) is 20.3. The van der Waals surface area contributed by atoms with E-state index in [1.807, 2.05) is 0 Å². The van der Waals surface area contributed by atoms with E-state index in [-0.39, 0.29) is 35.4 Å². The zero-order valence-corrected chi connectivity index (χ0v) is 50.0. The lowest BCUT2D eigenvalue weighted by atomic mass is 10.3. The molecule has 0 radical (unpaired) electrons. The molecular formula is C48H108N24O6. The lowest BCUT2D eigenvalue weighted by Crippen LogP contribution is -2.49. The second-order valence-electron chi connectivity index (χ2n) is 20.3. The molecule has 78 heavy (non-hydrogen) atoms. The number of hydrogen-bond acceptors (Lipinski definition) is 24. The van der Waals surface area contributed by atoms with Crippen molar-refractivity contribution in [3.8, 4) is 0 Å². The third-order valence-corrected chi connectivity index (χ3v) is 13.4. The predicted molar refractivity (Wildman–Crippen MR) is 307 cm³/mol. The Bertz CT molecular complexity index is 1290. The molecule has 30 heteroatoms. The van der Waals surface area contributed by atoms with Gasteiger partial charge in [-0.15, -0.1) is 0 Å². The first-order valence-corrected chi connectivity index (χ1v) is 27.5. The molecule has 0 atom stereocenters. The first-order valence-electron chi connectivity index (χ1n) is 27.5. The molecule has 0 bridgehead atoms. The molecule has 0 aliphatic carbocycles. The lowest BCUT2D eigenvalue weighted by Gasteiger charge is -2.31. The van der Waals surface area contributed by atoms with Crippen LogP contribution in [-0.4, -0.2) is 375 Å². The predicted octanol–water partition coefficient (Wildman–Crippen LogP) is -9.09. The van der Waals surface area contributed by atoms with E-state index in [9.17, 15) is 28.8 Å². The molecule has 0 spiro atoms. The van der Waals surface area contributed by atoms with Crippen LogP contribution in [0.2, 0.25) is 0 Å². The van der Waals surface area contributed by atoms with Gasteiger partial charge in [0.05, 0.1) is 39.3 Å². The Hall–Kier alpha value is -3.90. The third kappa shape index (κ3) is 37.9. The van der Waals surface area contributed by atoms with Crippen LogP contribution in [0.5, 0.6) is 0 Å². The maximum absolute atomic E-state index is 11.2. The fourth-order valence-corrected chi connectivity index (χ4v) is 8.33. The van der Waals surface area contributed by atoms with Crippen molar-refractivity contribution in [1.82, 2.24) is 124 Å². The van der Waals surface area contributed by atoms with Gasteiger partial charge in [0, 0.05) is 199 Å². The Morgan fingerprint density at radius 1 is 0.218 bits per heavy atom. The van der Waals surface area contributed by atoms with Gasteiger partial charge in [0.25, 0.3) is 0 Å². The Kier molecular flexibility index (Phi) is 41.4. The summed E-state index contributed by atoms with van der Waals surface area (Å²) in [6.45, 7) is 27.3. The molecule has 6 aliphatic rings. The van der Waals surface area contributed by atoms with Gasteiger partial charge in [0.1, 0.15) is 0 Å². The number of rotatable bonds is 18. The summed E-state index contributed by atoms with van der Waals surface area (Å²) in [5.74, 6) is 0.206. The molecule has 6 rings (SSSR count). The molecule has 6 saturated heterocycles. The summed E-state index contributed by atoms with van der Waals surface area (Å²) in [6, 6.07) is 0. The number of amides is 6. The number of carbonyl (C=O) groups excluding carboxylic acids is 6. The summed E-state index contributed by atoms with van der Waals surface area (Å²) >= 11 is 0. The zero-order valence-electron chi connectivity index (χ0n) is 50.0. The van der Waals surface area contributed by atoms with Gasteiger partial charge < -0.3 is 29.4 Å². The topological polar surface area (TPSA) is 286 Å². The van der Waals surface area contributed by atoms with Gasteiger partial charge >= 0.3 is 0 Å². The van der Waals surface area contributed by atoms with Crippen molar-refractivity contribution in [3.05, 3.63) is 0 Å². The summed E-state index contributed by atoms with van der Waals surface area (Å²) in [5, 5.41) is 0. The van der Waals surface area contributed by atoms with E-state index in [2.05, 4.69) is 166 Å². The van der Waals surface area contributed by atoms with Crippen molar-refractivity contribution in [2.45, 2.75) is 0 Å². The molecule has 0 saturated carbocycles. The highest BCUT2D eigenvalue weighted by Crippen LogP contribution is 2.02. The smallest absolute Gasteiger partial charge is 0.248 e. The monoisotopic (exact) mass is 1120 g/mol. The molecule has 6 fully saturated rings. The summed E-state index contributed by atoms with van der Waals surface area (Å²) < 4.78 is 0. The van der Waals surface area contributed by atoms with E-state index in [4.69, 9.17) is 0 Å². The van der Waals surface area contributed by atoms with Crippen LogP contribution in [0.1, 0.15) is 0 Å². The van der Waals surface area contributed by atoms with Crippen LogP contribution >= 0.6 is 0 Å². The Morgan fingerprint density at radius 2 is 0.321 bits per heavy atom. The molecule has 0 aromatic heterocycles. The van der Waals surface area contributed by atoms with Gasteiger partial charge in [-0.3, -0.25) is 90.7 Å².